The van der Waals surface area contributed by atoms with Crippen LogP contribution in [0.15, 0.2) is 53.7 Å². The van der Waals surface area contributed by atoms with Gasteiger partial charge < -0.3 is 15.2 Å². The van der Waals surface area contributed by atoms with Crippen molar-refractivity contribution in [1.82, 2.24) is 0 Å². The predicted octanol–water partition coefficient (Wildman–Crippen LogP) is 3.30. The highest BCUT2D eigenvalue weighted by atomic mass is 16.5. The van der Waals surface area contributed by atoms with Crippen molar-refractivity contribution < 1.29 is 14.6 Å². The summed E-state index contributed by atoms with van der Waals surface area (Å²) in [6, 6.07) is 16.2. The van der Waals surface area contributed by atoms with Crippen LogP contribution < -0.4 is 10.1 Å². The maximum atomic E-state index is 11.6. The predicted molar refractivity (Wildman–Crippen MR) is 92.9 cm³/mol. The molecule has 126 valence electrons. The van der Waals surface area contributed by atoms with E-state index in [1.807, 2.05) is 0 Å². The van der Waals surface area contributed by atoms with Crippen molar-refractivity contribution in [3.05, 3.63) is 59.3 Å². The van der Waals surface area contributed by atoms with Crippen molar-refractivity contribution in [1.29, 1.82) is 15.8 Å². The summed E-state index contributed by atoms with van der Waals surface area (Å²) in [5, 5.41) is 39.4. The van der Waals surface area contributed by atoms with Gasteiger partial charge in [-0.15, -0.1) is 0 Å². The summed E-state index contributed by atoms with van der Waals surface area (Å²) in [6.07, 6.45) is 0. The normalized spacial score (nSPS) is 9.15. The van der Waals surface area contributed by atoms with Crippen LogP contribution in [-0.2, 0) is 0 Å². The number of benzene rings is 2. The number of allylic oxidation sites excluding steroid dienone is 2. The van der Waals surface area contributed by atoms with Gasteiger partial charge in [0.15, 0.2) is 5.57 Å². The van der Waals surface area contributed by atoms with Gasteiger partial charge >= 0.3 is 5.97 Å². The number of nitrogens with zero attached hydrogens (tertiary/aromatic N) is 3. The molecule has 0 radical (unpaired) electrons. The molecule has 0 bridgehead atoms. The van der Waals surface area contributed by atoms with Gasteiger partial charge in [0.1, 0.15) is 29.7 Å². The first-order chi connectivity index (χ1) is 12.5. The summed E-state index contributed by atoms with van der Waals surface area (Å²) in [6.45, 7) is 0. The zero-order valence-corrected chi connectivity index (χ0v) is 13.6. The Morgan fingerprint density at radius 3 is 2.19 bits per heavy atom. The number of ether oxygens (including phenoxy) is 1. The van der Waals surface area contributed by atoms with E-state index >= 15 is 0 Å². The van der Waals surface area contributed by atoms with Crippen LogP contribution in [0.2, 0.25) is 0 Å². The van der Waals surface area contributed by atoms with E-state index in [0.717, 1.165) is 0 Å². The van der Waals surface area contributed by atoms with Crippen LogP contribution in [0.4, 0.5) is 5.69 Å². The monoisotopic (exact) mass is 344 g/mol. The van der Waals surface area contributed by atoms with Gasteiger partial charge in [-0.25, -0.2) is 4.79 Å². The first kappa shape index (κ1) is 18.1. The third-order valence-corrected chi connectivity index (χ3v) is 3.52. The molecule has 2 aromatic carbocycles. The molecule has 2 rings (SSSR count). The molecule has 7 nitrogen and oxygen atoms in total. The molecule has 0 fully saturated rings. The number of hydrogen-bond donors (Lipinski definition) is 2. The minimum absolute atomic E-state index is 0.00734. The van der Waals surface area contributed by atoms with Gasteiger partial charge in [-0.2, -0.15) is 15.8 Å². The highest BCUT2D eigenvalue weighted by molar-refractivity contribution is 6.00. The second kappa shape index (κ2) is 8.01. The summed E-state index contributed by atoms with van der Waals surface area (Å²) in [4.78, 5) is 11.6. The standard InChI is InChI=1S/C19H12N4O3/c1-26-14-7-5-12(6-8-14)18-15(19(24)25)3-2-4-16(18)23-17(11-22)13(9-20)10-21/h2-8,23H,1H3,(H,24,25). The van der Waals surface area contributed by atoms with Gasteiger partial charge in [-0.1, -0.05) is 18.2 Å². The highest BCUT2D eigenvalue weighted by Gasteiger charge is 2.17. The van der Waals surface area contributed by atoms with Gasteiger partial charge in [0.25, 0.3) is 0 Å². The van der Waals surface area contributed by atoms with Crippen molar-refractivity contribution >= 4 is 11.7 Å². The maximum absolute atomic E-state index is 11.6. The lowest BCUT2D eigenvalue weighted by molar-refractivity contribution is 0.0698. The number of nitrogens with one attached hydrogen (secondary N) is 1. The molecule has 0 aromatic heterocycles. The van der Waals surface area contributed by atoms with E-state index in [2.05, 4.69) is 5.32 Å². The largest absolute Gasteiger partial charge is 0.497 e. The molecule has 0 saturated carbocycles. The van der Waals surface area contributed by atoms with Crippen molar-refractivity contribution in [3.8, 4) is 35.1 Å². The lowest BCUT2D eigenvalue weighted by Gasteiger charge is -2.14. The van der Waals surface area contributed by atoms with Crippen LogP contribution >= 0.6 is 0 Å². The van der Waals surface area contributed by atoms with Gasteiger partial charge in [-0.3, -0.25) is 0 Å². The van der Waals surface area contributed by atoms with Gasteiger partial charge in [-0.05, 0) is 29.8 Å². The van der Waals surface area contributed by atoms with Crippen molar-refractivity contribution in [3.63, 3.8) is 0 Å². The van der Waals surface area contributed by atoms with E-state index in [-0.39, 0.29) is 16.9 Å². The van der Waals surface area contributed by atoms with Gasteiger partial charge in [0, 0.05) is 11.3 Å². The van der Waals surface area contributed by atoms with E-state index in [1.165, 1.54) is 19.2 Å². The van der Waals surface area contributed by atoms with E-state index in [0.29, 0.717) is 16.9 Å². The first-order valence-corrected chi connectivity index (χ1v) is 7.28. The lowest BCUT2D eigenvalue weighted by atomic mass is 9.97. The summed E-state index contributed by atoms with van der Waals surface area (Å²) in [5.41, 5.74) is 0.536. The van der Waals surface area contributed by atoms with Crippen LogP contribution in [0.1, 0.15) is 10.4 Å². The molecule has 0 aliphatic rings. The van der Waals surface area contributed by atoms with Crippen LogP contribution in [-0.4, -0.2) is 18.2 Å². The van der Waals surface area contributed by atoms with Crippen molar-refractivity contribution in [2.45, 2.75) is 0 Å². The number of carboxylic acids is 1. The number of carboxylic acid groups (broad SMARTS) is 1. The molecule has 2 aromatic rings. The third-order valence-electron chi connectivity index (χ3n) is 3.52. The van der Waals surface area contributed by atoms with Crippen molar-refractivity contribution in [2.24, 2.45) is 0 Å². The minimum Gasteiger partial charge on any atom is -0.497 e. The maximum Gasteiger partial charge on any atom is 0.336 e. The summed E-state index contributed by atoms with van der Waals surface area (Å²) < 4.78 is 5.10. The molecule has 0 aliphatic heterocycles. The third kappa shape index (κ3) is 3.62. The van der Waals surface area contributed by atoms with Crippen LogP contribution in [0.25, 0.3) is 11.1 Å². The van der Waals surface area contributed by atoms with E-state index in [4.69, 9.17) is 15.3 Å². The van der Waals surface area contributed by atoms with Crippen molar-refractivity contribution in [2.75, 3.05) is 12.4 Å². The average Bonchev–Trinajstić information content (AvgIpc) is 2.67. The Morgan fingerprint density at radius 2 is 1.69 bits per heavy atom. The number of aromatic carboxylic acids is 1. The summed E-state index contributed by atoms with van der Waals surface area (Å²) >= 11 is 0. The number of methoxy groups -OCH3 is 1. The molecule has 0 saturated heterocycles. The topological polar surface area (TPSA) is 130 Å². The molecule has 26 heavy (non-hydrogen) atoms. The number of carbonyl (C=O) groups is 1. The number of rotatable bonds is 5. The zero-order chi connectivity index (χ0) is 19.1. The van der Waals surface area contributed by atoms with Crippen LogP contribution in [0.3, 0.4) is 0 Å². The molecule has 0 atom stereocenters. The van der Waals surface area contributed by atoms with Crippen LogP contribution in [0.5, 0.6) is 5.75 Å². The Bertz CT molecular complexity index is 987. The molecule has 2 N–H and O–H groups in total. The highest BCUT2D eigenvalue weighted by Crippen LogP contribution is 2.34. The number of nitriles is 3. The van der Waals surface area contributed by atoms with Gasteiger partial charge in [0.05, 0.1) is 12.7 Å². The Kier molecular flexibility index (Phi) is 5.56. The quantitative estimate of drug-likeness (QED) is 0.796. The fourth-order valence-electron chi connectivity index (χ4n) is 2.32. The second-order valence-electron chi connectivity index (χ2n) is 4.97. The van der Waals surface area contributed by atoms with E-state index in [1.54, 1.807) is 48.5 Å². The Hall–Kier alpha value is -4.28. The van der Waals surface area contributed by atoms with E-state index < -0.39 is 11.5 Å². The average molecular weight is 344 g/mol. The molecule has 0 unspecified atom stereocenters. The molecular weight excluding hydrogens is 332 g/mol. The Labute approximate surface area is 149 Å². The zero-order valence-electron chi connectivity index (χ0n) is 13.6. The molecular formula is C19H12N4O3. The Balaban J connectivity index is 2.68. The fourth-order valence-corrected chi connectivity index (χ4v) is 2.32. The smallest absolute Gasteiger partial charge is 0.336 e. The SMILES string of the molecule is COc1ccc(-c2c(NC(C#N)=C(C#N)C#N)cccc2C(=O)O)cc1. The number of hydrogen-bond acceptors (Lipinski definition) is 6. The summed E-state index contributed by atoms with van der Waals surface area (Å²) in [5.74, 6) is -0.548. The molecule has 0 amide bonds. The minimum atomic E-state index is -1.15. The van der Waals surface area contributed by atoms with E-state index in [9.17, 15) is 15.2 Å². The number of anilines is 1. The fraction of sp³-hybridized carbons (Fsp3) is 0.0526. The molecule has 0 aliphatic carbocycles. The lowest BCUT2D eigenvalue weighted by Crippen LogP contribution is -2.06. The van der Waals surface area contributed by atoms with Crippen LogP contribution in [0, 0.1) is 34.0 Å². The molecule has 0 heterocycles. The Morgan fingerprint density at radius 1 is 1.04 bits per heavy atom. The molecule has 7 heteroatoms. The first-order valence-electron chi connectivity index (χ1n) is 7.28. The second-order valence-corrected chi connectivity index (χ2v) is 4.97. The molecule has 0 spiro atoms. The summed E-state index contributed by atoms with van der Waals surface area (Å²) in [7, 11) is 1.52. The van der Waals surface area contributed by atoms with Gasteiger partial charge in [0.2, 0.25) is 0 Å².